The van der Waals surface area contributed by atoms with E-state index in [4.69, 9.17) is 4.42 Å². The first-order valence-electron chi connectivity index (χ1n) is 19.0. The number of benzene rings is 10. The van der Waals surface area contributed by atoms with Gasteiger partial charge in [0.15, 0.2) is 0 Å². The summed E-state index contributed by atoms with van der Waals surface area (Å²) in [5.74, 6) is 0. The Morgan fingerprint density at radius 3 is 1.44 bits per heavy atom. The second-order valence-electron chi connectivity index (χ2n) is 14.8. The third-order valence-electron chi connectivity index (χ3n) is 11.8. The van der Waals surface area contributed by atoms with Crippen LogP contribution >= 0.6 is 0 Å². The highest BCUT2D eigenvalue weighted by molar-refractivity contribution is 6.21. The molecular formula is C54H32O. The van der Waals surface area contributed by atoms with Crippen molar-refractivity contribution in [3.05, 3.63) is 194 Å². The minimum absolute atomic E-state index is 0.902. The van der Waals surface area contributed by atoms with E-state index in [1.165, 1.54) is 99.1 Å². The Hall–Kier alpha value is -7.22. The van der Waals surface area contributed by atoms with Crippen LogP contribution < -0.4 is 0 Å². The molecule has 0 saturated carbocycles. The van der Waals surface area contributed by atoms with E-state index >= 15 is 0 Å². The molecule has 0 spiro atoms. The van der Waals surface area contributed by atoms with E-state index < -0.39 is 0 Å². The molecule has 0 bridgehead atoms. The van der Waals surface area contributed by atoms with E-state index in [0.717, 1.165) is 21.9 Å². The first kappa shape index (κ1) is 30.3. The van der Waals surface area contributed by atoms with Gasteiger partial charge in [-0.15, -0.1) is 0 Å². The second kappa shape index (κ2) is 11.6. The molecule has 1 heteroatoms. The Balaban J connectivity index is 1.03. The SMILES string of the molecule is c1ccc(-c2cc3c(cc2-c2ccccc2)-c2ccc(-c4ccc5oc6ccc(-c7cc8ccccc8c8ccccc78)cc6c5c4)c4cccc-3c24)cc1. The van der Waals surface area contributed by atoms with Crippen LogP contribution in [0.15, 0.2) is 199 Å². The molecule has 1 aliphatic carbocycles. The molecule has 0 unspecified atom stereocenters. The van der Waals surface area contributed by atoms with Crippen LogP contribution in [0.3, 0.4) is 0 Å². The van der Waals surface area contributed by atoms with E-state index in [0.29, 0.717) is 0 Å². The number of rotatable bonds is 4. The van der Waals surface area contributed by atoms with E-state index in [9.17, 15) is 0 Å². The van der Waals surface area contributed by atoms with Gasteiger partial charge < -0.3 is 4.42 Å². The minimum Gasteiger partial charge on any atom is -0.456 e. The summed E-state index contributed by atoms with van der Waals surface area (Å²) in [6.45, 7) is 0. The smallest absolute Gasteiger partial charge is 0.135 e. The molecule has 0 saturated heterocycles. The van der Waals surface area contributed by atoms with Gasteiger partial charge in [-0.3, -0.25) is 0 Å². The summed E-state index contributed by atoms with van der Waals surface area (Å²) < 4.78 is 6.47. The predicted octanol–water partition coefficient (Wildman–Crippen LogP) is 15.4. The maximum Gasteiger partial charge on any atom is 0.135 e. The molecule has 1 aliphatic rings. The lowest BCUT2D eigenvalue weighted by Crippen LogP contribution is -1.88. The molecular weight excluding hydrogens is 665 g/mol. The van der Waals surface area contributed by atoms with Gasteiger partial charge >= 0.3 is 0 Å². The number of furan rings is 1. The highest BCUT2D eigenvalue weighted by Crippen LogP contribution is 2.52. The molecule has 1 nitrogen and oxygen atoms in total. The van der Waals surface area contributed by atoms with Gasteiger partial charge in [-0.05, 0) is 142 Å². The first-order chi connectivity index (χ1) is 27.3. The Morgan fingerprint density at radius 1 is 0.236 bits per heavy atom. The molecule has 0 atom stereocenters. The molecule has 10 aromatic carbocycles. The van der Waals surface area contributed by atoms with Crippen molar-refractivity contribution in [1.29, 1.82) is 0 Å². The van der Waals surface area contributed by atoms with Gasteiger partial charge in [0.05, 0.1) is 0 Å². The highest BCUT2D eigenvalue weighted by Gasteiger charge is 2.25. The van der Waals surface area contributed by atoms with Crippen molar-refractivity contribution >= 4 is 54.3 Å². The number of hydrogen-bond acceptors (Lipinski definition) is 1. The first-order valence-corrected chi connectivity index (χ1v) is 19.0. The fourth-order valence-electron chi connectivity index (χ4n) is 9.27. The Morgan fingerprint density at radius 2 is 0.764 bits per heavy atom. The molecule has 254 valence electrons. The molecule has 0 N–H and O–H groups in total. The van der Waals surface area contributed by atoms with Crippen LogP contribution in [0.2, 0.25) is 0 Å². The lowest BCUT2D eigenvalue weighted by atomic mass is 9.89. The monoisotopic (exact) mass is 696 g/mol. The summed E-state index contributed by atoms with van der Waals surface area (Å²) in [4.78, 5) is 0. The molecule has 1 aromatic heterocycles. The Bertz CT molecular complexity index is 3280. The normalized spacial score (nSPS) is 12.0. The number of hydrogen-bond donors (Lipinski definition) is 0. The lowest BCUT2D eigenvalue weighted by Gasteiger charge is -2.14. The van der Waals surface area contributed by atoms with Gasteiger partial charge in [0.1, 0.15) is 11.2 Å². The van der Waals surface area contributed by atoms with Crippen molar-refractivity contribution in [3.8, 4) is 66.8 Å². The van der Waals surface area contributed by atoms with Crippen LogP contribution in [0, 0.1) is 0 Å². The molecule has 0 aliphatic heterocycles. The second-order valence-corrected chi connectivity index (χ2v) is 14.8. The van der Waals surface area contributed by atoms with Crippen molar-refractivity contribution in [2.45, 2.75) is 0 Å². The third kappa shape index (κ3) is 4.54. The standard InChI is InChI=1S/C54H32O/c1-3-12-33(13-4-1)46-31-48-43-21-11-20-42-39(24-25-44(54(42)43)49(48)32-47(46)34-14-5-2-6-15-34)36-22-26-52-50(29-36)51-30-37(23-27-53(51)55-52)45-28-35-16-7-8-17-38(35)40-18-9-10-19-41(40)45/h1-32H. The minimum atomic E-state index is 0.902. The maximum atomic E-state index is 6.47. The van der Waals surface area contributed by atoms with Crippen molar-refractivity contribution in [2.75, 3.05) is 0 Å². The van der Waals surface area contributed by atoms with Crippen LogP contribution in [0.4, 0.5) is 0 Å². The fraction of sp³-hybridized carbons (Fsp3) is 0. The van der Waals surface area contributed by atoms with Gasteiger partial charge in [0.25, 0.3) is 0 Å². The summed E-state index contributed by atoms with van der Waals surface area (Å²) >= 11 is 0. The molecule has 11 aromatic rings. The summed E-state index contributed by atoms with van der Waals surface area (Å²) in [7, 11) is 0. The van der Waals surface area contributed by atoms with Crippen molar-refractivity contribution in [3.63, 3.8) is 0 Å². The van der Waals surface area contributed by atoms with E-state index in [-0.39, 0.29) is 0 Å². The molecule has 0 fully saturated rings. The Labute approximate surface area is 318 Å². The Kier molecular flexibility index (Phi) is 6.40. The summed E-state index contributed by atoms with van der Waals surface area (Å²) in [5, 5.41) is 9.91. The topological polar surface area (TPSA) is 13.1 Å². The summed E-state index contributed by atoms with van der Waals surface area (Å²) in [6.07, 6.45) is 0. The molecule has 0 radical (unpaired) electrons. The number of fused-ring (bicyclic) bond motifs is 9. The fourth-order valence-corrected chi connectivity index (χ4v) is 9.27. The molecule has 55 heavy (non-hydrogen) atoms. The molecule has 1 heterocycles. The van der Waals surface area contributed by atoms with Gasteiger partial charge in [0, 0.05) is 10.8 Å². The highest BCUT2D eigenvalue weighted by atomic mass is 16.3. The van der Waals surface area contributed by atoms with Crippen molar-refractivity contribution in [1.82, 2.24) is 0 Å². The van der Waals surface area contributed by atoms with Crippen LogP contribution in [-0.4, -0.2) is 0 Å². The summed E-state index contributed by atoms with van der Waals surface area (Å²) in [6, 6.07) is 71.0. The van der Waals surface area contributed by atoms with Crippen molar-refractivity contribution < 1.29 is 4.42 Å². The van der Waals surface area contributed by atoms with Gasteiger partial charge in [-0.2, -0.15) is 0 Å². The average Bonchev–Trinajstić information content (AvgIpc) is 3.78. The van der Waals surface area contributed by atoms with Gasteiger partial charge in [-0.25, -0.2) is 0 Å². The van der Waals surface area contributed by atoms with Crippen molar-refractivity contribution in [2.24, 2.45) is 0 Å². The van der Waals surface area contributed by atoms with Crippen LogP contribution in [0.1, 0.15) is 0 Å². The van der Waals surface area contributed by atoms with Gasteiger partial charge in [0.2, 0.25) is 0 Å². The molecule has 0 amide bonds. The largest absolute Gasteiger partial charge is 0.456 e. The zero-order chi connectivity index (χ0) is 36.0. The quantitative estimate of drug-likeness (QED) is 0.167. The van der Waals surface area contributed by atoms with Crippen LogP contribution in [0.5, 0.6) is 0 Å². The van der Waals surface area contributed by atoms with E-state index in [1.54, 1.807) is 0 Å². The molecule has 12 rings (SSSR count). The predicted molar refractivity (Wildman–Crippen MR) is 232 cm³/mol. The van der Waals surface area contributed by atoms with Crippen LogP contribution in [0.25, 0.3) is 121 Å². The third-order valence-corrected chi connectivity index (χ3v) is 11.8. The lowest BCUT2D eigenvalue weighted by molar-refractivity contribution is 0.669. The van der Waals surface area contributed by atoms with E-state index in [2.05, 4.69) is 194 Å². The van der Waals surface area contributed by atoms with E-state index in [1.807, 2.05) is 0 Å². The average molecular weight is 697 g/mol. The maximum absolute atomic E-state index is 6.47. The van der Waals surface area contributed by atoms with Gasteiger partial charge in [-0.1, -0.05) is 152 Å². The summed E-state index contributed by atoms with van der Waals surface area (Å²) in [5.41, 5.74) is 16.8. The zero-order valence-electron chi connectivity index (χ0n) is 29.9. The van der Waals surface area contributed by atoms with Crippen LogP contribution in [-0.2, 0) is 0 Å². The zero-order valence-corrected chi connectivity index (χ0v) is 29.9.